The van der Waals surface area contributed by atoms with Gasteiger partial charge in [0.2, 0.25) is 5.91 Å². The molecule has 4 heterocycles. The number of carbonyl (C=O) groups is 2. The molecule has 2 aromatic heterocycles. The third-order valence-corrected chi connectivity index (χ3v) is 5.72. The second-order valence-corrected chi connectivity index (χ2v) is 7.46. The van der Waals surface area contributed by atoms with Crippen LogP contribution in [0.15, 0.2) is 17.8 Å². The van der Waals surface area contributed by atoms with Crippen LogP contribution in [0.4, 0.5) is 5.82 Å². The summed E-state index contributed by atoms with van der Waals surface area (Å²) in [7, 11) is 0. The number of fused-ring (bicyclic) bond motifs is 1. The lowest BCUT2D eigenvalue weighted by Crippen LogP contribution is -2.52. The molecule has 8 nitrogen and oxygen atoms in total. The van der Waals surface area contributed by atoms with Gasteiger partial charge in [0.1, 0.15) is 23.0 Å². The Labute approximate surface area is 154 Å². The largest absolute Gasteiger partial charge is 0.481 e. The fourth-order valence-corrected chi connectivity index (χ4v) is 4.46. The van der Waals surface area contributed by atoms with E-state index in [0.717, 1.165) is 35.4 Å². The maximum atomic E-state index is 13.1. The van der Waals surface area contributed by atoms with E-state index in [-0.39, 0.29) is 18.4 Å². The van der Waals surface area contributed by atoms with Crippen LogP contribution in [-0.2, 0) is 14.3 Å². The number of thiophene rings is 1. The molecule has 0 radical (unpaired) electrons. The van der Waals surface area contributed by atoms with E-state index in [0.29, 0.717) is 19.7 Å². The molecule has 2 aliphatic rings. The third kappa shape index (κ3) is 3.24. The predicted molar refractivity (Wildman–Crippen MR) is 96.4 cm³/mol. The zero-order valence-electron chi connectivity index (χ0n) is 14.2. The molecule has 0 aliphatic carbocycles. The third-order valence-electron chi connectivity index (χ3n) is 4.90. The minimum absolute atomic E-state index is 0.0307. The van der Waals surface area contributed by atoms with Gasteiger partial charge in [0.15, 0.2) is 0 Å². The van der Waals surface area contributed by atoms with Crippen LogP contribution in [-0.4, -0.2) is 70.2 Å². The van der Waals surface area contributed by atoms with E-state index in [1.54, 1.807) is 22.6 Å². The average molecular weight is 376 g/mol. The fourth-order valence-electron chi connectivity index (χ4n) is 3.73. The molecular weight excluding hydrogens is 356 g/mol. The SMILES string of the molecule is O=C(O)C[C@H]1CN(C(=O)[C@H]2CCCN2c2ncnc3sccc23)CCO1. The van der Waals surface area contributed by atoms with Crippen LogP contribution >= 0.6 is 11.3 Å². The molecule has 4 rings (SSSR count). The number of anilines is 1. The number of hydrogen-bond donors (Lipinski definition) is 1. The molecule has 0 saturated carbocycles. The van der Waals surface area contributed by atoms with Gasteiger partial charge in [0.05, 0.1) is 24.5 Å². The first-order valence-corrected chi connectivity index (χ1v) is 9.58. The van der Waals surface area contributed by atoms with Crippen molar-refractivity contribution in [3.8, 4) is 0 Å². The lowest BCUT2D eigenvalue weighted by Gasteiger charge is -2.36. The summed E-state index contributed by atoms with van der Waals surface area (Å²) in [6.07, 6.45) is 2.72. The Morgan fingerprint density at radius 2 is 2.23 bits per heavy atom. The van der Waals surface area contributed by atoms with Crippen LogP contribution < -0.4 is 4.90 Å². The predicted octanol–water partition coefficient (Wildman–Crippen LogP) is 1.36. The number of amides is 1. The lowest BCUT2D eigenvalue weighted by molar-refractivity contribution is -0.148. The standard InChI is InChI=1S/C17H20N4O4S/c22-14(23)8-11-9-20(5-6-25-11)17(24)13-2-1-4-21(13)15-12-3-7-26-16(12)19-10-18-15/h3,7,10-11,13H,1-2,4-6,8-9H2,(H,22,23)/t11-,13+/m0/s1. The summed E-state index contributed by atoms with van der Waals surface area (Å²) in [5.41, 5.74) is 0. The minimum atomic E-state index is -0.910. The van der Waals surface area contributed by atoms with E-state index in [1.807, 2.05) is 11.4 Å². The van der Waals surface area contributed by atoms with Crippen molar-refractivity contribution in [3.05, 3.63) is 17.8 Å². The number of ether oxygens (including phenoxy) is 1. The van der Waals surface area contributed by atoms with Crippen LogP contribution in [0.25, 0.3) is 10.2 Å². The van der Waals surface area contributed by atoms with Crippen LogP contribution in [0, 0.1) is 0 Å². The highest BCUT2D eigenvalue weighted by Gasteiger charge is 2.37. The van der Waals surface area contributed by atoms with Crippen molar-refractivity contribution in [2.45, 2.75) is 31.4 Å². The molecule has 0 aromatic carbocycles. The topological polar surface area (TPSA) is 95.9 Å². The number of aromatic nitrogens is 2. The second kappa shape index (κ2) is 7.16. The summed E-state index contributed by atoms with van der Waals surface area (Å²) < 4.78 is 5.48. The molecule has 26 heavy (non-hydrogen) atoms. The monoisotopic (exact) mass is 376 g/mol. The smallest absolute Gasteiger partial charge is 0.306 e. The Morgan fingerprint density at radius 3 is 3.08 bits per heavy atom. The van der Waals surface area contributed by atoms with Gasteiger partial charge >= 0.3 is 5.97 Å². The van der Waals surface area contributed by atoms with Crippen LogP contribution in [0.1, 0.15) is 19.3 Å². The number of nitrogens with zero attached hydrogens (tertiary/aromatic N) is 4. The zero-order chi connectivity index (χ0) is 18.1. The number of morpholine rings is 1. The molecule has 2 saturated heterocycles. The highest BCUT2D eigenvalue weighted by Crippen LogP contribution is 2.32. The van der Waals surface area contributed by atoms with E-state index in [4.69, 9.17) is 9.84 Å². The van der Waals surface area contributed by atoms with Gasteiger partial charge in [-0.1, -0.05) is 0 Å². The van der Waals surface area contributed by atoms with Crippen molar-refractivity contribution < 1.29 is 19.4 Å². The van der Waals surface area contributed by atoms with E-state index in [9.17, 15) is 9.59 Å². The van der Waals surface area contributed by atoms with Gasteiger partial charge in [0, 0.05) is 19.6 Å². The molecular formula is C17H20N4O4S. The number of carbonyl (C=O) groups excluding carboxylic acids is 1. The summed E-state index contributed by atoms with van der Waals surface area (Å²) in [5, 5.41) is 11.9. The zero-order valence-corrected chi connectivity index (χ0v) is 15.0. The first-order valence-electron chi connectivity index (χ1n) is 8.70. The van der Waals surface area contributed by atoms with Gasteiger partial charge in [0.25, 0.3) is 0 Å². The molecule has 0 unspecified atom stereocenters. The number of hydrogen-bond acceptors (Lipinski definition) is 7. The lowest BCUT2D eigenvalue weighted by atomic mass is 10.1. The number of carboxylic acid groups (broad SMARTS) is 1. The van der Waals surface area contributed by atoms with Gasteiger partial charge in [-0.2, -0.15) is 0 Å². The maximum Gasteiger partial charge on any atom is 0.306 e. The van der Waals surface area contributed by atoms with Crippen molar-refractivity contribution in [1.82, 2.24) is 14.9 Å². The number of aliphatic carboxylic acids is 1. The van der Waals surface area contributed by atoms with Gasteiger partial charge < -0.3 is 19.6 Å². The number of carboxylic acids is 1. The van der Waals surface area contributed by atoms with E-state index >= 15 is 0 Å². The summed E-state index contributed by atoms with van der Waals surface area (Å²) >= 11 is 1.56. The Morgan fingerprint density at radius 1 is 1.35 bits per heavy atom. The number of rotatable bonds is 4. The van der Waals surface area contributed by atoms with Gasteiger partial charge in [-0.25, -0.2) is 9.97 Å². The Balaban J connectivity index is 1.53. The summed E-state index contributed by atoms with van der Waals surface area (Å²) in [6.45, 7) is 1.98. The van der Waals surface area contributed by atoms with Crippen molar-refractivity contribution >= 4 is 39.2 Å². The van der Waals surface area contributed by atoms with E-state index < -0.39 is 12.1 Å². The van der Waals surface area contributed by atoms with Gasteiger partial charge in [-0.05, 0) is 24.3 Å². The average Bonchev–Trinajstić information content (AvgIpc) is 3.29. The van der Waals surface area contributed by atoms with Gasteiger partial charge in [-0.3, -0.25) is 9.59 Å². The highest BCUT2D eigenvalue weighted by molar-refractivity contribution is 7.16. The second-order valence-electron chi connectivity index (χ2n) is 6.56. The van der Waals surface area contributed by atoms with Crippen molar-refractivity contribution in [2.75, 3.05) is 31.1 Å². The molecule has 1 N–H and O–H groups in total. The summed E-state index contributed by atoms with van der Waals surface area (Å²) in [4.78, 5) is 37.5. The van der Waals surface area contributed by atoms with Crippen LogP contribution in [0.3, 0.4) is 0 Å². The van der Waals surface area contributed by atoms with Gasteiger partial charge in [-0.15, -0.1) is 11.3 Å². The fraction of sp³-hybridized carbons (Fsp3) is 0.529. The molecule has 2 aromatic rings. The molecule has 2 fully saturated rings. The summed E-state index contributed by atoms with van der Waals surface area (Å²) in [5.74, 6) is -0.0711. The summed E-state index contributed by atoms with van der Waals surface area (Å²) in [6, 6.07) is 1.73. The molecule has 2 aliphatic heterocycles. The molecule has 2 atom stereocenters. The molecule has 0 spiro atoms. The highest BCUT2D eigenvalue weighted by atomic mass is 32.1. The Hall–Kier alpha value is -2.26. The minimum Gasteiger partial charge on any atom is -0.481 e. The first kappa shape index (κ1) is 17.2. The van der Waals surface area contributed by atoms with Crippen molar-refractivity contribution in [2.24, 2.45) is 0 Å². The van der Waals surface area contributed by atoms with E-state index in [1.165, 1.54) is 0 Å². The van der Waals surface area contributed by atoms with Crippen molar-refractivity contribution in [3.63, 3.8) is 0 Å². The molecule has 1 amide bonds. The first-order chi connectivity index (χ1) is 12.6. The maximum absolute atomic E-state index is 13.1. The normalized spacial score (nSPS) is 23.5. The quantitative estimate of drug-likeness (QED) is 0.861. The molecule has 9 heteroatoms. The Bertz CT molecular complexity index is 826. The van der Waals surface area contributed by atoms with Crippen molar-refractivity contribution in [1.29, 1.82) is 0 Å². The molecule has 0 bridgehead atoms. The molecule has 138 valence electrons. The van der Waals surface area contributed by atoms with E-state index in [2.05, 4.69) is 14.9 Å². The Kier molecular flexibility index (Phi) is 4.73. The van der Waals surface area contributed by atoms with Crippen LogP contribution in [0.2, 0.25) is 0 Å². The van der Waals surface area contributed by atoms with Crippen LogP contribution in [0.5, 0.6) is 0 Å².